The van der Waals surface area contributed by atoms with Gasteiger partial charge in [-0.05, 0) is 54.1 Å². The van der Waals surface area contributed by atoms with Gasteiger partial charge in [-0.1, -0.05) is 12.7 Å². The maximum absolute atomic E-state index is 12.6. The Hall–Kier alpha value is -2.67. The van der Waals surface area contributed by atoms with Crippen molar-refractivity contribution in [2.24, 2.45) is 5.73 Å². The third-order valence-electron chi connectivity index (χ3n) is 4.03. The van der Waals surface area contributed by atoms with E-state index in [-0.39, 0.29) is 23.6 Å². The quantitative estimate of drug-likeness (QED) is 0.350. The van der Waals surface area contributed by atoms with Crippen molar-refractivity contribution in [1.29, 1.82) is 5.26 Å². The zero-order valence-corrected chi connectivity index (χ0v) is 18.0. The topological polar surface area (TPSA) is 104 Å². The standard InChI is InChI=1S/C20H21IN2O5/c1-5-7-27-18-14(21)8-12(9-15(18)25-4)17-13(10-22)19(23)28-11(3)16(17)20(24)26-6-2/h5,8-9,17H,1,6-7,23H2,2-4H3/t17-/m0/s1. The Labute approximate surface area is 177 Å². The molecule has 1 aliphatic heterocycles. The highest BCUT2D eigenvalue weighted by Gasteiger charge is 2.37. The Kier molecular flexibility index (Phi) is 7.34. The molecule has 0 aromatic heterocycles. The van der Waals surface area contributed by atoms with Gasteiger partial charge >= 0.3 is 5.97 Å². The molecule has 1 heterocycles. The van der Waals surface area contributed by atoms with Gasteiger partial charge in [0.15, 0.2) is 11.5 Å². The zero-order valence-electron chi connectivity index (χ0n) is 15.9. The van der Waals surface area contributed by atoms with Crippen LogP contribution in [-0.4, -0.2) is 26.3 Å². The molecular formula is C20H21IN2O5. The normalized spacial score (nSPS) is 16.2. The molecule has 148 valence electrons. The van der Waals surface area contributed by atoms with Crippen molar-refractivity contribution in [2.45, 2.75) is 19.8 Å². The number of ether oxygens (including phenoxy) is 4. The van der Waals surface area contributed by atoms with E-state index in [0.717, 1.165) is 3.57 Å². The molecule has 8 heteroatoms. The predicted molar refractivity (Wildman–Crippen MR) is 111 cm³/mol. The average molecular weight is 496 g/mol. The zero-order chi connectivity index (χ0) is 20.8. The molecule has 1 aliphatic rings. The number of benzene rings is 1. The molecule has 0 radical (unpaired) electrons. The van der Waals surface area contributed by atoms with Crippen LogP contribution in [0, 0.1) is 14.9 Å². The van der Waals surface area contributed by atoms with Crippen molar-refractivity contribution in [3.8, 4) is 17.6 Å². The number of halogens is 1. The van der Waals surface area contributed by atoms with Gasteiger partial charge in [0.2, 0.25) is 5.88 Å². The second-order valence-electron chi connectivity index (χ2n) is 5.75. The van der Waals surface area contributed by atoms with Crippen molar-refractivity contribution in [3.05, 3.63) is 56.7 Å². The number of carbonyl (C=O) groups excluding carboxylic acids is 1. The van der Waals surface area contributed by atoms with E-state index in [4.69, 9.17) is 24.7 Å². The van der Waals surface area contributed by atoms with Crippen LogP contribution in [0.4, 0.5) is 0 Å². The highest BCUT2D eigenvalue weighted by atomic mass is 127. The Morgan fingerprint density at radius 2 is 2.21 bits per heavy atom. The number of hydrogen-bond acceptors (Lipinski definition) is 7. The minimum Gasteiger partial charge on any atom is -0.493 e. The van der Waals surface area contributed by atoms with Gasteiger partial charge in [0, 0.05) is 0 Å². The molecule has 28 heavy (non-hydrogen) atoms. The van der Waals surface area contributed by atoms with E-state index in [1.54, 1.807) is 26.0 Å². The number of allylic oxidation sites excluding steroid dienone is 2. The van der Waals surface area contributed by atoms with Gasteiger partial charge < -0.3 is 24.7 Å². The van der Waals surface area contributed by atoms with Crippen molar-refractivity contribution in [2.75, 3.05) is 20.3 Å². The van der Waals surface area contributed by atoms with E-state index in [9.17, 15) is 10.1 Å². The highest BCUT2D eigenvalue weighted by Crippen LogP contribution is 2.43. The van der Waals surface area contributed by atoms with Gasteiger partial charge in [0.05, 0.1) is 28.8 Å². The summed E-state index contributed by atoms with van der Waals surface area (Å²) in [6, 6.07) is 5.59. The van der Waals surface area contributed by atoms with E-state index in [1.165, 1.54) is 7.11 Å². The van der Waals surface area contributed by atoms with Gasteiger partial charge in [-0.2, -0.15) is 5.26 Å². The Balaban J connectivity index is 2.67. The molecule has 0 unspecified atom stereocenters. The smallest absolute Gasteiger partial charge is 0.338 e. The minimum atomic E-state index is -0.742. The summed E-state index contributed by atoms with van der Waals surface area (Å²) in [4.78, 5) is 12.6. The first-order valence-electron chi connectivity index (χ1n) is 8.46. The van der Waals surface area contributed by atoms with Crippen LogP contribution in [0.25, 0.3) is 0 Å². The van der Waals surface area contributed by atoms with Crippen LogP contribution in [0.5, 0.6) is 11.5 Å². The third kappa shape index (κ3) is 4.25. The highest BCUT2D eigenvalue weighted by molar-refractivity contribution is 14.1. The molecule has 1 aromatic rings. The molecule has 0 amide bonds. The summed E-state index contributed by atoms with van der Waals surface area (Å²) in [6.07, 6.45) is 1.63. The first-order chi connectivity index (χ1) is 13.4. The SMILES string of the molecule is C=CCOc1c(I)cc([C@H]2C(C#N)=C(N)OC(C)=C2C(=O)OCC)cc1OC. The fraction of sp³-hybridized carbons (Fsp3) is 0.300. The fourth-order valence-corrected chi connectivity index (χ4v) is 3.66. The van der Waals surface area contributed by atoms with Crippen LogP contribution in [-0.2, 0) is 14.3 Å². The first kappa shape index (κ1) is 21.6. The monoisotopic (exact) mass is 496 g/mol. The molecular weight excluding hydrogens is 475 g/mol. The van der Waals surface area contributed by atoms with Gasteiger partial charge in [0.25, 0.3) is 0 Å². The lowest BCUT2D eigenvalue weighted by Gasteiger charge is -2.27. The molecule has 0 aliphatic carbocycles. The molecule has 0 saturated carbocycles. The largest absolute Gasteiger partial charge is 0.493 e. The van der Waals surface area contributed by atoms with E-state index in [1.807, 2.05) is 6.07 Å². The summed E-state index contributed by atoms with van der Waals surface area (Å²) in [5.74, 6) is -0.0422. The van der Waals surface area contributed by atoms with Gasteiger partial charge in [0.1, 0.15) is 24.0 Å². The molecule has 2 N–H and O–H groups in total. The van der Waals surface area contributed by atoms with Crippen LogP contribution in [0.15, 0.2) is 47.6 Å². The molecule has 0 saturated heterocycles. The number of esters is 1. The second-order valence-corrected chi connectivity index (χ2v) is 6.91. The average Bonchev–Trinajstić information content (AvgIpc) is 2.66. The van der Waals surface area contributed by atoms with Gasteiger partial charge in [-0.15, -0.1) is 0 Å². The summed E-state index contributed by atoms with van der Waals surface area (Å²) in [5.41, 5.74) is 6.92. The number of hydrogen-bond donors (Lipinski definition) is 1. The lowest BCUT2D eigenvalue weighted by Crippen LogP contribution is -2.25. The summed E-state index contributed by atoms with van der Waals surface area (Å²) < 4.78 is 22.5. The number of methoxy groups -OCH3 is 1. The minimum absolute atomic E-state index is 0.0426. The van der Waals surface area contributed by atoms with Crippen LogP contribution in [0.3, 0.4) is 0 Å². The van der Waals surface area contributed by atoms with Crippen molar-refractivity contribution < 1.29 is 23.7 Å². The van der Waals surface area contributed by atoms with Crippen molar-refractivity contribution in [3.63, 3.8) is 0 Å². The van der Waals surface area contributed by atoms with Crippen LogP contribution in [0.1, 0.15) is 25.3 Å². The molecule has 0 bridgehead atoms. The number of rotatable bonds is 7. The third-order valence-corrected chi connectivity index (χ3v) is 4.83. The Morgan fingerprint density at radius 3 is 2.79 bits per heavy atom. The van der Waals surface area contributed by atoms with Crippen molar-refractivity contribution in [1.82, 2.24) is 0 Å². The molecule has 1 atom stereocenters. The Bertz CT molecular complexity index is 899. The number of carbonyl (C=O) groups is 1. The maximum atomic E-state index is 12.6. The maximum Gasteiger partial charge on any atom is 0.338 e. The van der Waals surface area contributed by atoms with Crippen LogP contribution >= 0.6 is 22.6 Å². The van der Waals surface area contributed by atoms with Crippen LogP contribution < -0.4 is 15.2 Å². The predicted octanol–water partition coefficient (Wildman–Crippen LogP) is 3.51. The number of nitrogens with zero attached hydrogens (tertiary/aromatic N) is 1. The lowest BCUT2D eigenvalue weighted by molar-refractivity contribution is -0.139. The molecule has 0 spiro atoms. The second kappa shape index (κ2) is 9.50. The van der Waals surface area contributed by atoms with Crippen molar-refractivity contribution >= 4 is 28.6 Å². The summed E-state index contributed by atoms with van der Waals surface area (Å²) in [5, 5.41) is 9.66. The summed E-state index contributed by atoms with van der Waals surface area (Å²) >= 11 is 2.11. The fourth-order valence-electron chi connectivity index (χ4n) is 2.88. The Morgan fingerprint density at radius 1 is 1.50 bits per heavy atom. The lowest BCUT2D eigenvalue weighted by atomic mass is 9.83. The van der Waals surface area contributed by atoms with E-state index in [2.05, 4.69) is 35.2 Å². The molecule has 1 aromatic carbocycles. The van der Waals surface area contributed by atoms with E-state index in [0.29, 0.717) is 29.4 Å². The summed E-state index contributed by atoms with van der Waals surface area (Å²) in [6.45, 7) is 7.47. The molecule has 7 nitrogen and oxygen atoms in total. The van der Waals surface area contributed by atoms with Gasteiger partial charge in [-0.25, -0.2) is 4.79 Å². The van der Waals surface area contributed by atoms with E-state index < -0.39 is 11.9 Å². The molecule has 0 fully saturated rings. The van der Waals surface area contributed by atoms with Gasteiger partial charge in [-0.3, -0.25) is 0 Å². The summed E-state index contributed by atoms with van der Waals surface area (Å²) in [7, 11) is 1.52. The number of nitriles is 1. The first-order valence-corrected chi connectivity index (χ1v) is 9.53. The molecule has 2 rings (SSSR count). The van der Waals surface area contributed by atoms with Crippen LogP contribution in [0.2, 0.25) is 0 Å². The number of nitrogens with two attached hydrogens (primary N) is 1. The van der Waals surface area contributed by atoms with E-state index >= 15 is 0 Å².